The molecule has 0 bridgehead atoms. The van der Waals surface area contributed by atoms with Crippen LogP contribution < -0.4 is 4.90 Å². The molecule has 26 heavy (non-hydrogen) atoms. The highest BCUT2D eigenvalue weighted by Gasteiger charge is 2.28. The third-order valence-corrected chi connectivity index (χ3v) is 5.75. The van der Waals surface area contributed by atoms with Gasteiger partial charge in [-0.25, -0.2) is 0 Å². The molecule has 1 heterocycles. The van der Waals surface area contributed by atoms with Crippen molar-refractivity contribution in [1.82, 2.24) is 0 Å². The summed E-state index contributed by atoms with van der Waals surface area (Å²) in [6.45, 7) is 2.87. The monoisotopic (exact) mass is 453 g/mol. The van der Waals surface area contributed by atoms with Crippen molar-refractivity contribution in [2.45, 2.75) is 19.8 Å². The number of benzene rings is 3. The summed E-state index contributed by atoms with van der Waals surface area (Å²) in [4.78, 5) is 15.3. The molecule has 0 saturated heterocycles. The predicted molar refractivity (Wildman–Crippen MR) is 116 cm³/mol. The lowest BCUT2D eigenvalue weighted by Crippen LogP contribution is -2.38. The van der Waals surface area contributed by atoms with E-state index in [2.05, 4.69) is 96.2 Å². The van der Waals surface area contributed by atoms with Crippen molar-refractivity contribution < 1.29 is 4.79 Å². The molecule has 3 aromatic rings. The van der Waals surface area contributed by atoms with Crippen LogP contribution in [0.25, 0.3) is 11.1 Å². The molecular formula is C23H20INO. The van der Waals surface area contributed by atoms with E-state index in [0.29, 0.717) is 0 Å². The summed E-state index contributed by atoms with van der Waals surface area (Å²) in [5.74, 6) is 0.102. The van der Waals surface area contributed by atoms with E-state index >= 15 is 0 Å². The maximum absolute atomic E-state index is 13.4. The van der Waals surface area contributed by atoms with Crippen molar-refractivity contribution in [3.8, 4) is 11.1 Å². The van der Waals surface area contributed by atoms with Crippen LogP contribution in [-0.2, 0) is 12.8 Å². The highest BCUT2D eigenvalue weighted by atomic mass is 127. The Balaban J connectivity index is 1.76. The van der Waals surface area contributed by atoms with Crippen LogP contribution in [0.3, 0.4) is 0 Å². The zero-order chi connectivity index (χ0) is 18.1. The fourth-order valence-electron chi connectivity index (χ4n) is 3.56. The fourth-order valence-corrected chi connectivity index (χ4v) is 3.92. The fraction of sp³-hybridized carbons (Fsp3) is 0.174. The van der Waals surface area contributed by atoms with Crippen LogP contribution in [-0.4, -0.2) is 12.5 Å². The molecule has 0 unspecified atom stereocenters. The summed E-state index contributed by atoms with van der Waals surface area (Å²) >= 11 is 2.30. The number of hydrogen-bond acceptors (Lipinski definition) is 1. The van der Waals surface area contributed by atoms with Crippen molar-refractivity contribution in [1.29, 1.82) is 0 Å². The lowest BCUT2D eigenvalue weighted by atomic mass is 9.90. The molecule has 130 valence electrons. The topological polar surface area (TPSA) is 20.3 Å². The van der Waals surface area contributed by atoms with Gasteiger partial charge in [-0.2, -0.15) is 0 Å². The number of aryl methyl sites for hydroxylation is 1. The highest BCUT2D eigenvalue weighted by Crippen LogP contribution is 2.32. The van der Waals surface area contributed by atoms with E-state index in [4.69, 9.17) is 0 Å². The van der Waals surface area contributed by atoms with Crippen LogP contribution in [0.1, 0.15) is 28.4 Å². The average Bonchev–Trinajstić information content (AvgIpc) is 2.69. The van der Waals surface area contributed by atoms with Crippen LogP contribution in [0.2, 0.25) is 0 Å². The molecule has 3 heteroatoms. The van der Waals surface area contributed by atoms with Crippen LogP contribution in [0.15, 0.2) is 66.7 Å². The van der Waals surface area contributed by atoms with Gasteiger partial charge in [0.15, 0.2) is 0 Å². The van der Waals surface area contributed by atoms with Gasteiger partial charge in [-0.1, -0.05) is 49.4 Å². The van der Waals surface area contributed by atoms with Crippen LogP contribution in [0.4, 0.5) is 5.69 Å². The van der Waals surface area contributed by atoms with Gasteiger partial charge in [0.25, 0.3) is 5.91 Å². The van der Waals surface area contributed by atoms with E-state index in [9.17, 15) is 4.79 Å². The van der Waals surface area contributed by atoms with Gasteiger partial charge in [0.1, 0.15) is 0 Å². The standard InChI is InChI=1S/C23H20INO/c1-2-16-6-12-20(13-7-16)25-15-14-18-4-3-5-21(22(18)23(25)26)17-8-10-19(24)11-9-17/h3-13H,2,14-15H2,1H3. The zero-order valence-corrected chi connectivity index (χ0v) is 16.9. The van der Waals surface area contributed by atoms with E-state index < -0.39 is 0 Å². The Morgan fingerprint density at radius 3 is 2.38 bits per heavy atom. The predicted octanol–water partition coefficient (Wildman–Crippen LogP) is 5.72. The van der Waals surface area contributed by atoms with Crippen LogP contribution in [0, 0.1) is 3.57 Å². The minimum absolute atomic E-state index is 0.102. The largest absolute Gasteiger partial charge is 0.308 e. The molecule has 0 radical (unpaired) electrons. The molecule has 3 aromatic carbocycles. The number of amides is 1. The van der Waals surface area contributed by atoms with E-state index in [-0.39, 0.29) is 5.91 Å². The lowest BCUT2D eigenvalue weighted by Gasteiger charge is -2.30. The molecule has 2 nitrogen and oxygen atoms in total. The van der Waals surface area contributed by atoms with E-state index in [1.165, 1.54) is 9.13 Å². The lowest BCUT2D eigenvalue weighted by molar-refractivity contribution is 0.0981. The summed E-state index contributed by atoms with van der Waals surface area (Å²) in [7, 11) is 0. The molecule has 0 spiro atoms. The molecule has 0 fully saturated rings. The minimum atomic E-state index is 0.102. The first-order valence-corrected chi connectivity index (χ1v) is 10.0. The third kappa shape index (κ3) is 3.16. The molecule has 0 N–H and O–H groups in total. The van der Waals surface area contributed by atoms with Crippen molar-refractivity contribution >= 4 is 34.2 Å². The number of nitrogens with zero attached hydrogens (tertiary/aromatic N) is 1. The maximum atomic E-state index is 13.4. The summed E-state index contributed by atoms with van der Waals surface area (Å²) in [6.07, 6.45) is 1.89. The van der Waals surface area contributed by atoms with Gasteiger partial charge in [-0.05, 0) is 82.0 Å². The number of anilines is 1. The Morgan fingerprint density at radius 1 is 0.962 bits per heavy atom. The molecular weight excluding hydrogens is 433 g/mol. The zero-order valence-electron chi connectivity index (χ0n) is 14.7. The summed E-state index contributed by atoms with van der Waals surface area (Å²) < 4.78 is 1.19. The summed E-state index contributed by atoms with van der Waals surface area (Å²) in [6, 6.07) is 22.9. The summed E-state index contributed by atoms with van der Waals surface area (Å²) in [5.41, 5.74) is 6.39. The van der Waals surface area contributed by atoms with Gasteiger partial charge in [0.05, 0.1) is 5.56 Å². The number of rotatable bonds is 3. The van der Waals surface area contributed by atoms with Crippen molar-refractivity contribution in [2.75, 3.05) is 11.4 Å². The van der Waals surface area contributed by atoms with E-state index in [1.54, 1.807) is 0 Å². The van der Waals surface area contributed by atoms with E-state index in [1.807, 2.05) is 4.90 Å². The number of hydrogen-bond donors (Lipinski definition) is 0. The van der Waals surface area contributed by atoms with Gasteiger partial charge in [-0.15, -0.1) is 0 Å². The van der Waals surface area contributed by atoms with Crippen molar-refractivity contribution in [3.05, 3.63) is 87.0 Å². The Bertz CT molecular complexity index is 945. The minimum Gasteiger partial charge on any atom is -0.308 e. The van der Waals surface area contributed by atoms with Gasteiger partial charge >= 0.3 is 0 Å². The van der Waals surface area contributed by atoms with Gasteiger partial charge < -0.3 is 4.90 Å². The first kappa shape index (κ1) is 17.3. The molecule has 1 aliphatic rings. The van der Waals surface area contributed by atoms with Gasteiger partial charge in [0, 0.05) is 15.8 Å². The Labute approximate surface area is 168 Å². The Morgan fingerprint density at radius 2 is 1.69 bits per heavy atom. The molecule has 1 aliphatic heterocycles. The molecule has 0 saturated carbocycles. The SMILES string of the molecule is CCc1ccc(N2CCc3cccc(-c4ccc(I)cc4)c3C2=O)cc1. The smallest absolute Gasteiger partial charge is 0.259 e. The molecule has 4 rings (SSSR count). The quantitative estimate of drug-likeness (QED) is 0.465. The highest BCUT2D eigenvalue weighted by molar-refractivity contribution is 14.1. The molecule has 0 aromatic heterocycles. The number of fused-ring (bicyclic) bond motifs is 1. The van der Waals surface area contributed by atoms with Crippen molar-refractivity contribution in [3.63, 3.8) is 0 Å². The van der Waals surface area contributed by atoms with Gasteiger partial charge in [-0.3, -0.25) is 4.79 Å². The second-order valence-corrected chi connectivity index (χ2v) is 7.82. The van der Waals surface area contributed by atoms with Gasteiger partial charge in [0.2, 0.25) is 0 Å². The molecule has 0 atom stereocenters. The van der Waals surface area contributed by atoms with Crippen LogP contribution >= 0.6 is 22.6 Å². The normalized spacial score (nSPS) is 13.6. The third-order valence-electron chi connectivity index (χ3n) is 5.03. The molecule has 0 aliphatic carbocycles. The Hall–Kier alpha value is -2.14. The average molecular weight is 453 g/mol. The van der Waals surface area contributed by atoms with E-state index in [0.717, 1.165) is 47.3 Å². The number of halogens is 1. The maximum Gasteiger partial charge on any atom is 0.259 e. The first-order valence-electron chi connectivity index (χ1n) is 8.96. The first-order chi connectivity index (χ1) is 12.7. The second kappa shape index (κ2) is 7.23. The van der Waals surface area contributed by atoms with Crippen LogP contribution in [0.5, 0.6) is 0 Å². The number of carbonyl (C=O) groups is 1. The summed E-state index contributed by atoms with van der Waals surface area (Å²) in [5, 5.41) is 0. The number of carbonyl (C=O) groups excluding carboxylic acids is 1. The van der Waals surface area contributed by atoms with Crippen molar-refractivity contribution in [2.24, 2.45) is 0 Å². The Kier molecular flexibility index (Phi) is 4.81. The molecule has 1 amide bonds. The second-order valence-electron chi connectivity index (χ2n) is 6.57.